The number of carbonyl (C=O) groups is 2. The predicted octanol–water partition coefficient (Wildman–Crippen LogP) is 2.85. The summed E-state index contributed by atoms with van der Waals surface area (Å²) in [5, 5.41) is 6.53. The highest BCUT2D eigenvalue weighted by Crippen LogP contribution is 2.23. The van der Waals surface area contributed by atoms with E-state index >= 15 is 0 Å². The standard InChI is InChI=1S/C21H26N4O2/c1-6-9-22-20(26)12-21(27)24-23-13-18-11-16(4)25(17(18)5)19-10-14(2)7-8-15(19)3/h6-8,10-11,13H,1,9,12H2,2-5H3,(H,22,26)(H,24,27)/b23-13+. The highest BCUT2D eigenvalue weighted by Gasteiger charge is 2.12. The molecule has 2 aromatic rings. The number of benzene rings is 1. The monoisotopic (exact) mass is 366 g/mol. The van der Waals surface area contributed by atoms with Crippen molar-refractivity contribution < 1.29 is 9.59 Å². The summed E-state index contributed by atoms with van der Waals surface area (Å²) >= 11 is 0. The third-order valence-electron chi connectivity index (χ3n) is 4.23. The quantitative estimate of drug-likeness (QED) is 0.342. The van der Waals surface area contributed by atoms with Crippen molar-refractivity contribution in [3.63, 3.8) is 0 Å². The van der Waals surface area contributed by atoms with Gasteiger partial charge in [-0.2, -0.15) is 5.10 Å². The summed E-state index contributed by atoms with van der Waals surface area (Å²) in [6.07, 6.45) is 2.88. The minimum atomic E-state index is -0.462. The number of rotatable bonds is 7. The Morgan fingerprint density at radius 1 is 1.15 bits per heavy atom. The first-order valence-electron chi connectivity index (χ1n) is 8.79. The summed E-state index contributed by atoms with van der Waals surface area (Å²) < 4.78 is 2.17. The van der Waals surface area contributed by atoms with Crippen LogP contribution in [-0.2, 0) is 9.59 Å². The Bertz CT molecular complexity index is 894. The number of carbonyl (C=O) groups excluding carboxylic acids is 2. The lowest BCUT2D eigenvalue weighted by Crippen LogP contribution is -2.29. The maximum Gasteiger partial charge on any atom is 0.249 e. The van der Waals surface area contributed by atoms with Gasteiger partial charge in [0.25, 0.3) is 0 Å². The smallest absolute Gasteiger partial charge is 0.249 e. The zero-order valence-corrected chi connectivity index (χ0v) is 16.3. The summed E-state index contributed by atoms with van der Waals surface area (Å²) in [6.45, 7) is 12.0. The van der Waals surface area contributed by atoms with E-state index < -0.39 is 5.91 Å². The first kappa shape index (κ1) is 20.2. The number of nitrogens with one attached hydrogen (secondary N) is 2. The van der Waals surface area contributed by atoms with Gasteiger partial charge >= 0.3 is 0 Å². The topological polar surface area (TPSA) is 75.5 Å². The van der Waals surface area contributed by atoms with Crippen molar-refractivity contribution in [2.75, 3.05) is 6.54 Å². The van der Waals surface area contributed by atoms with Crippen molar-refractivity contribution >= 4 is 18.0 Å². The van der Waals surface area contributed by atoms with Gasteiger partial charge in [0.2, 0.25) is 11.8 Å². The molecule has 0 aliphatic rings. The van der Waals surface area contributed by atoms with E-state index in [1.54, 1.807) is 12.3 Å². The molecule has 0 saturated heterocycles. The summed E-state index contributed by atoms with van der Waals surface area (Å²) in [4.78, 5) is 23.2. The molecule has 1 aromatic carbocycles. The molecule has 6 nitrogen and oxygen atoms in total. The number of aromatic nitrogens is 1. The fourth-order valence-corrected chi connectivity index (χ4v) is 2.86. The summed E-state index contributed by atoms with van der Waals surface area (Å²) in [5.74, 6) is -0.827. The van der Waals surface area contributed by atoms with E-state index in [-0.39, 0.29) is 12.3 Å². The maximum absolute atomic E-state index is 11.8. The molecule has 0 unspecified atom stereocenters. The highest BCUT2D eigenvalue weighted by molar-refractivity contribution is 5.97. The SMILES string of the molecule is C=CCNC(=O)CC(=O)N/N=C/c1cc(C)n(-c2cc(C)ccc2C)c1C. The van der Waals surface area contributed by atoms with Crippen molar-refractivity contribution in [1.82, 2.24) is 15.3 Å². The Kier molecular flexibility index (Phi) is 6.71. The van der Waals surface area contributed by atoms with Crippen LogP contribution in [0.4, 0.5) is 0 Å². The number of hydrogen-bond donors (Lipinski definition) is 2. The molecule has 1 aromatic heterocycles. The molecule has 1 heterocycles. The second-order valence-corrected chi connectivity index (χ2v) is 6.51. The number of hydrogen-bond acceptors (Lipinski definition) is 3. The Morgan fingerprint density at radius 2 is 1.89 bits per heavy atom. The lowest BCUT2D eigenvalue weighted by Gasteiger charge is -2.13. The van der Waals surface area contributed by atoms with Crippen molar-refractivity contribution in [2.45, 2.75) is 34.1 Å². The van der Waals surface area contributed by atoms with Crippen molar-refractivity contribution in [3.8, 4) is 5.69 Å². The van der Waals surface area contributed by atoms with Gasteiger partial charge in [-0.05, 0) is 51.0 Å². The highest BCUT2D eigenvalue weighted by atomic mass is 16.2. The van der Waals surface area contributed by atoms with E-state index in [1.165, 1.54) is 11.1 Å². The zero-order valence-electron chi connectivity index (χ0n) is 16.3. The van der Waals surface area contributed by atoms with Crippen LogP contribution in [0.1, 0.15) is 34.5 Å². The van der Waals surface area contributed by atoms with Crippen LogP contribution in [0.3, 0.4) is 0 Å². The number of aryl methyl sites for hydroxylation is 3. The fraction of sp³-hybridized carbons (Fsp3) is 0.286. The van der Waals surface area contributed by atoms with E-state index in [0.29, 0.717) is 6.54 Å². The van der Waals surface area contributed by atoms with Crippen LogP contribution >= 0.6 is 0 Å². The van der Waals surface area contributed by atoms with Crippen LogP contribution in [0.5, 0.6) is 0 Å². The van der Waals surface area contributed by atoms with Crippen LogP contribution in [0, 0.1) is 27.7 Å². The molecular formula is C21H26N4O2. The van der Waals surface area contributed by atoms with Gasteiger partial charge in [-0.15, -0.1) is 6.58 Å². The molecule has 0 atom stereocenters. The molecular weight excluding hydrogens is 340 g/mol. The van der Waals surface area contributed by atoms with E-state index in [2.05, 4.69) is 59.0 Å². The molecule has 27 heavy (non-hydrogen) atoms. The molecule has 142 valence electrons. The molecule has 2 rings (SSSR count). The average Bonchev–Trinajstić information content (AvgIpc) is 2.89. The Morgan fingerprint density at radius 3 is 2.59 bits per heavy atom. The van der Waals surface area contributed by atoms with E-state index in [1.807, 2.05) is 19.9 Å². The van der Waals surface area contributed by atoms with Crippen LogP contribution in [-0.4, -0.2) is 29.1 Å². The first-order valence-corrected chi connectivity index (χ1v) is 8.79. The molecule has 0 aliphatic heterocycles. The van der Waals surface area contributed by atoms with Gasteiger partial charge in [0, 0.05) is 29.2 Å². The first-order chi connectivity index (χ1) is 12.8. The van der Waals surface area contributed by atoms with Crippen molar-refractivity contribution in [3.05, 3.63) is 65.0 Å². The van der Waals surface area contributed by atoms with E-state index in [4.69, 9.17) is 0 Å². The van der Waals surface area contributed by atoms with Crippen LogP contribution in [0.25, 0.3) is 5.69 Å². The van der Waals surface area contributed by atoms with Crippen molar-refractivity contribution in [2.24, 2.45) is 5.10 Å². The lowest BCUT2D eigenvalue weighted by molar-refractivity contribution is -0.129. The molecule has 6 heteroatoms. The molecule has 2 N–H and O–H groups in total. The normalized spacial score (nSPS) is 10.8. The van der Waals surface area contributed by atoms with E-state index in [9.17, 15) is 9.59 Å². The van der Waals surface area contributed by atoms with Gasteiger partial charge in [0.1, 0.15) is 6.42 Å². The molecule has 0 aliphatic carbocycles. The molecule has 0 saturated carbocycles. The number of hydrazone groups is 1. The maximum atomic E-state index is 11.8. The van der Waals surface area contributed by atoms with Gasteiger partial charge in [-0.1, -0.05) is 18.2 Å². The lowest BCUT2D eigenvalue weighted by atomic mass is 10.1. The Balaban J connectivity index is 2.11. The minimum Gasteiger partial charge on any atom is -0.352 e. The summed E-state index contributed by atoms with van der Waals surface area (Å²) in [7, 11) is 0. The number of amides is 2. The molecule has 0 fully saturated rings. The van der Waals surface area contributed by atoms with Gasteiger partial charge < -0.3 is 9.88 Å². The second-order valence-electron chi connectivity index (χ2n) is 6.51. The molecule has 0 spiro atoms. The van der Waals surface area contributed by atoms with Crippen molar-refractivity contribution in [1.29, 1.82) is 0 Å². The van der Waals surface area contributed by atoms with Gasteiger partial charge in [-0.3, -0.25) is 9.59 Å². The fourth-order valence-electron chi connectivity index (χ4n) is 2.86. The summed E-state index contributed by atoms with van der Waals surface area (Å²) in [5.41, 5.74) is 8.92. The summed E-state index contributed by atoms with van der Waals surface area (Å²) in [6, 6.07) is 8.37. The predicted molar refractivity (Wildman–Crippen MR) is 108 cm³/mol. The van der Waals surface area contributed by atoms with Gasteiger partial charge in [0.05, 0.1) is 6.21 Å². The third kappa shape index (κ3) is 5.17. The average molecular weight is 366 g/mol. The van der Waals surface area contributed by atoms with E-state index in [0.717, 1.165) is 22.6 Å². The van der Waals surface area contributed by atoms with Crippen LogP contribution in [0.15, 0.2) is 42.0 Å². The minimum absolute atomic E-state index is 0.271. The van der Waals surface area contributed by atoms with Crippen LogP contribution in [0.2, 0.25) is 0 Å². The largest absolute Gasteiger partial charge is 0.352 e. The molecule has 0 radical (unpaired) electrons. The second kappa shape index (κ2) is 8.98. The third-order valence-corrected chi connectivity index (χ3v) is 4.23. The Hall–Kier alpha value is -3.15. The molecule has 2 amide bonds. The van der Waals surface area contributed by atoms with Gasteiger partial charge in [-0.25, -0.2) is 5.43 Å². The number of nitrogens with zero attached hydrogens (tertiary/aromatic N) is 2. The van der Waals surface area contributed by atoms with Gasteiger partial charge in [0.15, 0.2) is 0 Å². The Labute approximate surface area is 160 Å². The molecule has 0 bridgehead atoms. The van der Waals surface area contributed by atoms with Crippen LogP contribution < -0.4 is 10.7 Å². The zero-order chi connectivity index (χ0) is 20.0.